The average molecular weight is 319 g/mol. The summed E-state index contributed by atoms with van der Waals surface area (Å²) in [7, 11) is -3.92. The smallest absolute Gasteiger partial charge is 0.281 e. The fraction of sp³-hybridized carbons (Fsp3) is 0.133. The van der Waals surface area contributed by atoms with Gasteiger partial charge in [-0.1, -0.05) is 18.2 Å². The fourth-order valence-corrected chi connectivity index (χ4v) is 3.73. The number of aromatic nitrogens is 2. The topological polar surface area (TPSA) is 66.1 Å². The summed E-state index contributed by atoms with van der Waals surface area (Å²) in [5.41, 5.74) is 1.06. The van der Waals surface area contributed by atoms with Crippen molar-refractivity contribution in [2.24, 2.45) is 0 Å². The highest BCUT2D eigenvalue weighted by molar-refractivity contribution is 7.92. The molecule has 0 aliphatic carbocycles. The normalized spacial score (nSPS) is 11.7. The van der Waals surface area contributed by atoms with Crippen molar-refractivity contribution in [3.63, 3.8) is 0 Å². The van der Waals surface area contributed by atoms with E-state index in [1.54, 1.807) is 30.5 Å². The van der Waals surface area contributed by atoms with E-state index in [1.165, 1.54) is 12.3 Å². The predicted octanol–water partition coefficient (Wildman–Crippen LogP) is 2.73. The highest BCUT2D eigenvalue weighted by Crippen LogP contribution is 2.29. The van der Waals surface area contributed by atoms with Gasteiger partial charge in [0.15, 0.2) is 5.03 Å². The molecule has 5 nitrogen and oxygen atoms in total. The minimum Gasteiger partial charge on any atom is -0.359 e. The van der Waals surface area contributed by atoms with Gasteiger partial charge in [-0.25, -0.2) is 9.37 Å². The number of nitrogens with zero attached hydrogens (tertiary/aromatic N) is 2. The number of alkyl halides is 1. The first-order valence-electron chi connectivity index (χ1n) is 6.70. The summed E-state index contributed by atoms with van der Waals surface area (Å²) in [6.07, 6.45) is 3.12. The molecule has 0 aliphatic rings. The molecule has 0 atom stereocenters. The third-order valence-electron chi connectivity index (χ3n) is 3.31. The van der Waals surface area contributed by atoms with Crippen molar-refractivity contribution < 1.29 is 12.8 Å². The minimum atomic E-state index is -3.92. The molecule has 1 aromatic carbocycles. The maximum absolute atomic E-state index is 13.0. The molecule has 7 heteroatoms. The van der Waals surface area contributed by atoms with Gasteiger partial charge in [0.2, 0.25) is 0 Å². The van der Waals surface area contributed by atoms with Crippen LogP contribution >= 0.6 is 0 Å². The Kier molecular flexibility index (Phi) is 3.81. The van der Waals surface area contributed by atoms with E-state index >= 15 is 0 Å². The molecule has 0 aliphatic heterocycles. The van der Waals surface area contributed by atoms with Gasteiger partial charge in [-0.2, -0.15) is 8.42 Å². The average Bonchev–Trinajstić information content (AvgIpc) is 3.02. The molecule has 0 fully saturated rings. The van der Waals surface area contributed by atoms with E-state index in [4.69, 9.17) is 0 Å². The first kappa shape index (κ1) is 14.5. The molecule has 3 rings (SSSR count). The Labute approximate surface area is 127 Å². The van der Waals surface area contributed by atoms with Crippen molar-refractivity contribution >= 4 is 26.6 Å². The maximum atomic E-state index is 13.0. The van der Waals surface area contributed by atoms with E-state index < -0.39 is 16.7 Å². The molecule has 1 N–H and O–H groups in total. The molecule has 22 heavy (non-hydrogen) atoms. The predicted molar refractivity (Wildman–Crippen MR) is 83.0 cm³/mol. The Morgan fingerprint density at radius 3 is 2.73 bits per heavy atom. The molecule has 0 radical (unpaired) electrons. The zero-order valence-corrected chi connectivity index (χ0v) is 12.4. The summed E-state index contributed by atoms with van der Waals surface area (Å²) in [5, 5.41) is 0.754. The lowest BCUT2D eigenvalue weighted by Gasteiger charge is -2.23. The van der Waals surface area contributed by atoms with Gasteiger partial charge in [-0.05, 0) is 24.3 Å². The molecular formula is C15H14FN3O2S. The van der Waals surface area contributed by atoms with Crippen molar-refractivity contribution in [3.8, 4) is 0 Å². The van der Waals surface area contributed by atoms with Crippen molar-refractivity contribution in [2.75, 3.05) is 17.5 Å². The van der Waals surface area contributed by atoms with Gasteiger partial charge in [0.05, 0.1) is 17.7 Å². The molecule has 0 saturated heterocycles. The van der Waals surface area contributed by atoms with Crippen molar-refractivity contribution in [2.45, 2.75) is 5.03 Å². The molecular weight excluding hydrogens is 305 g/mol. The van der Waals surface area contributed by atoms with Gasteiger partial charge in [-0.3, -0.25) is 4.31 Å². The third-order valence-corrected chi connectivity index (χ3v) is 5.04. The molecule has 0 saturated carbocycles. The fourth-order valence-electron chi connectivity index (χ4n) is 2.34. The summed E-state index contributed by atoms with van der Waals surface area (Å²) < 4.78 is 39.6. The van der Waals surface area contributed by atoms with Gasteiger partial charge < -0.3 is 4.98 Å². The number of benzene rings is 1. The van der Waals surface area contributed by atoms with Crippen LogP contribution in [0.25, 0.3) is 10.9 Å². The van der Waals surface area contributed by atoms with Gasteiger partial charge in [-0.15, -0.1) is 0 Å². The second-order valence-corrected chi connectivity index (χ2v) is 6.46. The summed E-state index contributed by atoms with van der Waals surface area (Å²) in [4.78, 5) is 6.89. The van der Waals surface area contributed by atoms with E-state index in [0.717, 1.165) is 9.69 Å². The largest absolute Gasteiger partial charge is 0.359 e. The summed E-state index contributed by atoms with van der Waals surface area (Å²) in [6, 6.07) is 11.7. The number of H-pyrrole nitrogens is 1. The zero-order chi connectivity index (χ0) is 15.6. The van der Waals surface area contributed by atoms with Crippen LogP contribution in [0.4, 0.5) is 10.1 Å². The van der Waals surface area contributed by atoms with Crippen molar-refractivity contribution in [1.29, 1.82) is 0 Å². The molecule has 3 aromatic rings. The number of rotatable bonds is 5. The Morgan fingerprint density at radius 1 is 1.14 bits per heavy atom. The van der Waals surface area contributed by atoms with Crippen LogP contribution in [0.5, 0.6) is 0 Å². The Morgan fingerprint density at radius 2 is 2.00 bits per heavy atom. The van der Waals surface area contributed by atoms with Crippen LogP contribution in [0.2, 0.25) is 0 Å². The van der Waals surface area contributed by atoms with E-state index in [-0.39, 0.29) is 11.6 Å². The lowest BCUT2D eigenvalue weighted by atomic mass is 10.2. The number of hydrogen-bond acceptors (Lipinski definition) is 3. The number of hydrogen-bond donors (Lipinski definition) is 1. The Hall–Kier alpha value is -2.41. The number of aromatic amines is 1. The van der Waals surface area contributed by atoms with Crippen molar-refractivity contribution in [1.82, 2.24) is 9.97 Å². The molecule has 0 bridgehead atoms. The van der Waals surface area contributed by atoms with E-state index in [1.807, 2.05) is 12.1 Å². The number of sulfonamides is 1. The molecule has 0 amide bonds. The highest BCUT2D eigenvalue weighted by Gasteiger charge is 2.27. The number of pyridine rings is 1. The first-order valence-corrected chi connectivity index (χ1v) is 8.14. The Bertz CT molecular complexity index is 878. The van der Waals surface area contributed by atoms with E-state index in [0.29, 0.717) is 11.2 Å². The highest BCUT2D eigenvalue weighted by atomic mass is 32.2. The van der Waals surface area contributed by atoms with Crippen LogP contribution < -0.4 is 4.31 Å². The van der Waals surface area contributed by atoms with Crippen LogP contribution in [0, 0.1) is 0 Å². The van der Waals surface area contributed by atoms with E-state index in [2.05, 4.69) is 9.97 Å². The Balaban J connectivity index is 2.17. The third kappa shape index (κ3) is 2.43. The molecule has 2 heterocycles. The minimum absolute atomic E-state index is 0.105. The second-order valence-electron chi connectivity index (χ2n) is 4.65. The molecule has 0 spiro atoms. The summed E-state index contributed by atoms with van der Waals surface area (Å²) in [5.74, 6) is 0. The van der Waals surface area contributed by atoms with Crippen LogP contribution in [0.15, 0.2) is 59.9 Å². The standard InChI is InChI=1S/C15H14FN3O2S/c16-8-11-19(22(20,21)14-6-1-2-9-17-14)13-5-3-4-12-7-10-18-15(12)13/h1-7,9-10,18H,8,11H2. The van der Waals surface area contributed by atoms with Gasteiger partial charge in [0.1, 0.15) is 6.67 Å². The number of fused-ring (bicyclic) bond motifs is 1. The van der Waals surface area contributed by atoms with Crippen LogP contribution in [-0.2, 0) is 10.0 Å². The van der Waals surface area contributed by atoms with Gasteiger partial charge >= 0.3 is 0 Å². The number of nitrogens with one attached hydrogen (secondary N) is 1. The first-order chi connectivity index (χ1) is 10.6. The second kappa shape index (κ2) is 5.76. The van der Waals surface area contributed by atoms with Gasteiger partial charge in [0.25, 0.3) is 10.0 Å². The van der Waals surface area contributed by atoms with Crippen molar-refractivity contribution in [3.05, 3.63) is 54.9 Å². The lowest BCUT2D eigenvalue weighted by Crippen LogP contribution is -2.33. The maximum Gasteiger partial charge on any atom is 0.281 e. The van der Waals surface area contributed by atoms with Crippen LogP contribution in [-0.4, -0.2) is 31.6 Å². The molecule has 114 valence electrons. The monoisotopic (exact) mass is 319 g/mol. The summed E-state index contributed by atoms with van der Waals surface area (Å²) >= 11 is 0. The van der Waals surface area contributed by atoms with E-state index in [9.17, 15) is 12.8 Å². The number of para-hydroxylation sites is 1. The SMILES string of the molecule is O=S(=O)(c1ccccn1)N(CCF)c1cccc2cc[nH]c12. The molecule has 0 unspecified atom stereocenters. The van der Waals surface area contributed by atoms with Crippen LogP contribution in [0.3, 0.4) is 0 Å². The lowest BCUT2D eigenvalue weighted by molar-refractivity contribution is 0.499. The quantitative estimate of drug-likeness (QED) is 0.786. The number of halogens is 1. The zero-order valence-electron chi connectivity index (χ0n) is 11.6. The summed E-state index contributed by atoms with van der Waals surface area (Å²) in [6.45, 7) is -1.06. The molecule has 2 aromatic heterocycles. The number of anilines is 1. The van der Waals surface area contributed by atoms with Gasteiger partial charge in [0, 0.05) is 17.8 Å². The van der Waals surface area contributed by atoms with Crippen LogP contribution in [0.1, 0.15) is 0 Å².